The lowest BCUT2D eigenvalue weighted by Crippen LogP contribution is -2.45. The number of esters is 1. The molecule has 2 fully saturated rings. The van der Waals surface area contributed by atoms with Crippen molar-refractivity contribution in [3.8, 4) is 28.7 Å². The lowest BCUT2D eigenvalue weighted by molar-refractivity contribution is -0.154. The molecule has 0 saturated heterocycles. The molecular formula is C44H56ClNO7. The van der Waals surface area contributed by atoms with E-state index in [2.05, 4.69) is 24.0 Å². The number of carbonyl (C=O) groups excluding carboxylic acids is 1. The van der Waals surface area contributed by atoms with Crippen molar-refractivity contribution in [1.82, 2.24) is 4.98 Å². The number of carbonyl (C=O) groups is 1. The minimum absolute atomic E-state index is 0. The number of nitrogens with zero attached hydrogens (tertiary/aromatic N) is 1. The van der Waals surface area contributed by atoms with Crippen LogP contribution >= 0.6 is 12.4 Å². The number of hydrogen-bond donors (Lipinski definition) is 1. The van der Waals surface area contributed by atoms with Gasteiger partial charge in [0.15, 0.2) is 23.0 Å². The van der Waals surface area contributed by atoms with E-state index >= 15 is 0 Å². The summed E-state index contributed by atoms with van der Waals surface area (Å²) in [5, 5.41) is 11.9. The molecule has 9 heteroatoms. The Bertz CT molecular complexity index is 1860. The number of aryl methyl sites for hydroxylation is 1. The summed E-state index contributed by atoms with van der Waals surface area (Å²) < 4.78 is 28.7. The van der Waals surface area contributed by atoms with Crippen LogP contribution in [-0.2, 0) is 22.4 Å². The van der Waals surface area contributed by atoms with Crippen LogP contribution in [0.2, 0.25) is 0 Å². The summed E-state index contributed by atoms with van der Waals surface area (Å²) in [6, 6.07) is 18.1. The van der Waals surface area contributed by atoms with Gasteiger partial charge in [-0.05, 0) is 149 Å². The van der Waals surface area contributed by atoms with E-state index < -0.39 is 0 Å². The molecule has 5 unspecified atom stereocenters. The molecule has 0 aliphatic heterocycles. The predicted molar refractivity (Wildman–Crippen MR) is 211 cm³/mol. The molecule has 4 aromatic rings. The topological polar surface area (TPSA) is 96.3 Å². The van der Waals surface area contributed by atoms with Gasteiger partial charge in [0.1, 0.15) is 11.9 Å². The molecule has 1 heterocycles. The zero-order valence-corrected chi connectivity index (χ0v) is 32.9. The van der Waals surface area contributed by atoms with E-state index in [1.807, 2.05) is 76.4 Å². The van der Waals surface area contributed by atoms with Crippen LogP contribution < -0.4 is 18.9 Å². The zero-order valence-electron chi connectivity index (χ0n) is 32.1. The molecule has 0 bridgehead atoms. The van der Waals surface area contributed by atoms with Gasteiger partial charge in [0.25, 0.3) is 0 Å². The summed E-state index contributed by atoms with van der Waals surface area (Å²) >= 11 is 0. The smallest absolute Gasteiger partial charge is 0.302 e. The fourth-order valence-corrected chi connectivity index (χ4v) is 9.23. The Kier molecular flexibility index (Phi) is 13.4. The number of ether oxygens (including phenoxy) is 5. The van der Waals surface area contributed by atoms with Gasteiger partial charge >= 0.3 is 5.97 Å². The molecule has 0 spiro atoms. The number of phenolic OH excluding ortho intramolecular Hbond substituents is 1. The quantitative estimate of drug-likeness (QED) is 0.152. The molecule has 0 amide bonds. The second-order valence-corrected chi connectivity index (χ2v) is 14.5. The van der Waals surface area contributed by atoms with Crippen molar-refractivity contribution in [3.63, 3.8) is 0 Å². The third kappa shape index (κ3) is 8.64. The van der Waals surface area contributed by atoms with Crippen molar-refractivity contribution in [2.24, 2.45) is 17.3 Å². The first-order valence-corrected chi connectivity index (χ1v) is 19.2. The monoisotopic (exact) mass is 745 g/mol. The van der Waals surface area contributed by atoms with Crippen molar-refractivity contribution < 1.29 is 33.6 Å². The molecule has 286 valence electrons. The highest BCUT2D eigenvalue weighted by molar-refractivity contribution is 5.88. The zero-order chi connectivity index (χ0) is 36.8. The lowest BCUT2D eigenvalue weighted by atomic mass is 9.55. The fraction of sp³-hybridized carbons (Fsp3) is 0.500. The lowest BCUT2D eigenvalue weighted by Gasteiger charge is -2.50. The third-order valence-electron chi connectivity index (χ3n) is 11.4. The summed E-state index contributed by atoms with van der Waals surface area (Å²) in [6.45, 7) is 14.1. The standard InChI is InChI=1S/C24H29NO4.C20H26O3.ClH/c1-5-26-21-10-9-17(14-22(21)27-6-2)13-20-19-16-24(29-8-4)23(28-7-3)15-18(19)11-12-25-20;1-12(21)23-19-8-7-18-17-5-3-13-11-14(22)4-6-15(13)16(17)9-10-20(18,19)2;/h9-12,14-16H,5-8,13H2,1-4H3;4,6,11,16-19,22H,3,5,7-10H2,1-2H3;1H. The summed E-state index contributed by atoms with van der Waals surface area (Å²) in [6.07, 6.45) is 9.41. The van der Waals surface area contributed by atoms with E-state index in [9.17, 15) is 9.90 Å². The highest BCUT2D eigenvalue weighted by atomic mass is 35.5. The van der Waals surface area contributed by atoms with Gasteiger partial charge in [-0.15, -0.1) is 12.4 Å². The molecule has 53 heavy (non-hydrogen) atoms. The van der Waals surface area contributed by atoms with E-state index in [1.165, 1.54) is 37.3 Å². The normalized spacial score (nSPS) is 22.5. The number of benzene rings is 3. The van der Waals surface area contributed by atoms with E-state index in [-0.39, 0.29) is 29.9 Å². The van der Waals surface area contributed by atoms with Gasteiger partial charge < -0.3 is 28.8 Å². The van der Waals surface area contributed by atoms with Crippen molar-refractivity contribution in [2.45, 2.75) is 98.5 Å². The summed E-state index contributed by atoms with van der Waals surface area (Å²) in [7, 11) is 0. The van der Waals surface area contributed by atoms with Crippen LogP contribution in [0.15, 0.2) is 60.8 Å². The summed E-state index contributed by atoms with van der Waals surface area (Å²) in [4.78, 5) is 16.1. The van der Waals surface area contributed by atoms with Crippen LogP contribution in [0.5, 0.6) is 28.7 Å². The second-order valence-electron chi connectivity index (χ2n) is 14.5. The van der Waals surface area contributed by atoms with Crippen LogP contribution in [-0.4, -0.2) is 48.6 Å². The molecule has 1 N–H and O–H groups in total. The van der Waals surface area contributed by atoms with E-state index in [0.29, 0.717) is 56.4 Å². The van der Waals surface area contributed by atoms with Gasteiger partial charge in [0.2, 0.25) is 0 Å². The predicted octanol–water partition coefficient (Wildman–Crippen LogP) is 10.0. The van der Waals surface area contributed by atoms with Crippen LogP contribution in [0, 0.1) is 17.3 Å². The highest BCUT2D eigenvalue weighted by Crippen LogP contribution is 2.61. The molecule has 3 aliphatic carbocycles. The maximum Gasteiger partial charge on any atom is 0.302 e. The number of fused-ring (bicyclic) bond motifs is 6. The number of aromatic nitrogens is 1. The van der Waals surface area contributed by atoms with Gasteiger partial charge in [0.05, 0.1) is 32.1 Å². The Hall–Kier alpha value is -4.17. The minimum atomic E-state index is -0.136. The minimum Gasteiger partial charge on any atom is -0.508 e. The summed E-state index contributed by atoms with van der Waals surface area (Å²) in [5.41, 5.74) is 5.05. The number of rotatable bonds is 11. The Balaban J connectivity index is 0.000000205. The van der Waals surface area contributed by atoms with Gasteiger partial charge in [0, 0.05) is 30.3 Å². The molecule has 7 rings (SSSR count). The molecule has 8 nitrogen and oxygen atoms in total. The SMILES string of the molecule is CC(=O)OC1CCC2C3CCc4cc(O)ccc4C3CCC12C.CCOc1ccc(Cc2nccc3cc(OCC)c(OCC)cc23)cc1OCC.Cl. The number of pyridine rings is 1. The van der Waals surface area contributed by atoms with Crippen LogP contribution in [0.3, 0.4) is 0 Å². The van der Waals surface area contributed by atoms with E-state index in [4.69, 9.17) is 23.7 Å². The van der Waals surface area contributed by atoms with Gasteiger partial charge in [-0.25, -0.2) is 0 Å². The molecule has 3 aromatic carbocycles. The van der Waals surface area contributed by atoms with Crippen molar-refractivity contribution in [1.29, 1.82) is 0 Å². The molecule has 5 atom stereocenters. The van der Waals surface area contributed by atoms with E-state index in [1.54, 1.807) is 0 Å². The first kappa shape index (κ1) is 40.0. The highest BCUT2D eigenvalue weighted by Gasteiger charge is 2.56. The van der Waals surface area contributed by atoms with Crippen molar-refractivity contribution in [3.05, 3.63) is 83.2 Å². The number of halogens is 1. The number of phenols is 1. The first-order chi connectivity index (χ1) is 25.2. The average Bonchev–Trinajstić information content (AvgIpc) is 3.45. The first-order valence-electron chi connectivity index (χ1n) is 19.2. The molecule has 2 saturated carbocycles. The van der Waals surface area contributed by atoms with Gasteiger partial charge in [-0.1, -0.05) is 19.1 Å². The average molecular weight is 746 g/mol. The Labute approximate surface area is 321 Å². The largest absolute Gasteiger partial charge is 0.508 e. The maximum absolute atomic E-state index is 11.4. The molecule has 1 aromatic heterocycles. The van der Waals surface area contributed by atoms with Crippen LogP contribution in [0.4, 0.5) is 0 Å². The maximum atomic E-state index is 11.4. The fourth-order valence-electron chi connectivity index (χ4n) is 9.23. The summed E-state index contributed by atoms with van der Waals surface area (Å²) in [5.74, 6) is 5.27. The van der Waals surface area contributed by atoms with Gasteiger partial charge in [-0.2, -0.15) is 0 Å². The Morgan fingerprint density at radius 2 is 1.49 bits per heavy atom. The Morgan fingerprint density at radius 1 is 0.811 bits per heavy atom. The molecular weight excluding hydrogens is 690 g/mol. The van der Waals surface area contributed by atoms with Gasteiger partial charge in [-0.3, -0.25) is 9.78 Å². The van der Waals surface area contributed by atoms with E-state index in [0.717, 1.165) is 64.3 Å². The van der Waals surface area contributed by atoms with Crippen molar-refractivity contribution in [2.75, 3.05) is 26.4 Å². The second kappa shape index (κ2) is 17.8. The van der Waals surface area contributed by atoms with Crippen LogP contribution in [0.25, 0.3) is 10.8 Å². The number of aromatic hydroxyl groups is 1. The number of hydrogen-bond acceptors (Lipinski definition) is 8. The third-order valence-corrected chi connectivity index (χ3v) is 11.4. The van der Waals surface area contributed by atoms with Crippen molar-refractivity contribution >= 4 is 29.1 Å². The molecule has 0 radical (unpaired) electrons. The van der Waals surface area contributed by atoms with Crippen LogP contribution in [0.1, 0.15) is 102 Å². The molecule has 3 aliphatic rings. The Morgan fingerprint density at radius 3 is 2.19 bits per heavy atom.